The van der Waals surface area contributed by atoms with Gasteiger partial charge in [0.15, 0.2) is 17.4 Å². The van der Waals surface area contributed by atoms with Crippen LogP contribution >= 0.6 is 0 Å². The third-order valence-corrected chi connectivity index (χ3v) is 4.26. The fourth-order valence-electron chi connectivity index (χ4n) is 2.89. The Bertz CT molecular complexity index is 1010. The quantitative estimate of drug-likeness (QED) is 0.644. The Morgan fingerprint density at radius 2 is 1.93 bits per heavy atom. The second-order valence-electron chi connectivity index (χ2n) is 6.07. The van der Waals surface area contributed by atoms with Gasteiger partial charge in [0.1, 0.15) is 5.82 Å². The highest BCUT2D eigenvalue weighted by atomic mass is 19.1. The molecule has 1 atom stereocenters. The minimum atomic E-state index is -1.34. The van der Waals surface area contributed by atoms with Crippen LogP contribution in [0.15, 0.2) is 47.5 Å². The van der Waals surface area contributed by atoms with E-state index in [1.54, 1.807) is 18.2 Å². The van der Waals surface area contributed by atoms with Crippen molar-refractivity contribution in [1.29, 1.82) is 0 Å². The van der Waals surface area contributed by atoms with Gasteiger partial charge in [-0.05, 0) is 29.8 Å². The molecule has 2 aliphatic heterocycles. The number of barbiturate groups is 1. The first-order chi connectivity index (χ1) is 13.5. The molecule has 1 saturated heterocycles. The van der Waals surface area contributed by atoms with E-state index in [2.05, 4.69) is 10.3 Å². The summed E-state index contributed by atoms with van der Waals surface area (Å²) < 4.78 is 24.5. The van der Waals surface area contributed by atoms with Gasteiger partial charge >= 0.3 is 6.03 Å². The predicted octanol–water partition coefficient (Wildman–Crippen LogP) is 2.02. The topological polar surface area (TPSA) is 97.3 Å². The Hall–Kier alpha value is -3.75. The van der Waals surface area contributed by atoms with Crippen LogP contribution in [0.2, 0.25) is 0 Å². The van der Waals surface area contributed by atoms with Crippen molar-refractivity contribution in [2.75, 3.05) is 11.7 Å². The van der Waals surface area contributed by atoms with Crippen molar-refractivity contribution in [3.05, 3.63) is 53.8 Å². The number of carbonyl (C=O) groups is 3. The van der Waals surface area contributed by atoms with Gasteiger partial charge in [-0.15, -0.1) is 0 Å². The monoisotopic (exact) mass is 383 g/mol. The molecular formula is C19H14FN3O5. The molecule has 0 radical (unpaired) electrons. The number of nitrogens with one attached hydrogen (secondary N) is 1. The SMILES string of the molecule is O=C1NC(=O)N(c2ccccc2F)C(=O)[C@@H]1C=NCc1ccc2c(c1)OCO2. The highest BCUT2D eigenvalue weighted by Crippen LogP contribution is 2.32. The number of rotatable bonds is 4. The summed E-state index contributed by atoms with van der Waals surface area (Å²) in [7, 11) is 0. The Morgan fingerprint density at radius 1 is 1.14 bits per heavy atom. The van der Waals surface area contributed by atoms with E-state index in [0.717, 1.165) is 17.8 Å². The van der Waals surface area contributed by atoms with Crippen molar-refractivity contribution in [3.8, 4) is 11.5 Å². The van der Waals surface area contributed by atoms with Crippen LogP contribution in [0.3, 0.4) is 0 Å². The van der Waals surface area contributed by atoms with Crippen LogP contribution in [0.25, 0.3) is 0 Å². The van der Waals surface area contributed by atoms with Gasteiger partial charge in [0, 0.05) is 6.21 Å². The van der Waals surface area contributed by atoms with Crippen molar-refractivity contribution in [1.82, 2.24) is 5.32 Å². The summed E-state index contributed by atoms with van der Waals surface area (Å²) in [5, 5.41) is 2.05. The summed E-state index contributed by atoms with van der Waals surface area (Å²) in [6.07, 6.45) is 1.16. The summed E-state index contributed by atoms with van der Waals surface area (Å²) in [5.41, 5.74) is 0.554. The lowest BCUT2D eigenvalue weighted by molar-refractivity contribution is -0.131. The molecule has 0 spiro atoms. The van der Waals surface area contributed by atoms with Gasteiger partial charge in [0.2, 0.25) is 12.7 Å². The molecule has 0 aliphatic carbocycles. The molecule has 0 aromatic heterocycles. The van der Waals surface area contributed by atoms with Crippen LogP contribution in [-0.2, 0) is 16.1 Å². The number of nitrogens with zero attached hydrogens (tertiary/aromatic N) is 2. The van der Waals surface area contributed by atoms with Crippen LogP contribution in [0, 0.1) is 11.7 Å². The zero-order valence-corrected chi connectivity index (χ0v) is 14.4. The van der Waals surface area contributed by atoms with Crippen LogP contribution < -0.4 is 19.7 Å². The lowest BCUT2D eigenvalue weighted by atomic mass is 10.1. The summed E-state index contributed by atoms with van der Waals surface area (Å²) >= 11 is 0. The first-order valence-corrected chi connectivity index (χ1v) is 8.36. The smallest absolute Gasteiger partial charge is 0.335 e. The number of halogens is 1. The first-order valence-electron chi connectivity index (χ1n) is 8.36. The summed E-state index contributed by atoms with van der Waals surface area (Å²) in [4.78, 5) is 41.5. The fourth-order valence-corrected chi connectivity index (χ4v) is 2.89. The number of fused-ring (bicyclic) bond motifs is 1. The molecule has 2 aromatic carbocycles. The number of carbonyl (C=O) groups excluding carboxylic acids is 3. The van der Waals surface area contributed by atoms with E-state index in [4.69, 9.17) is 9.47 Å². The number of ether oxygens (including phenoxy) is 2. The number of imide groups is 2. The van der Waals surface area contributed by atoms with Crippen LogP contribution in [-0.4, -0.2) is 30.9 Å². The van der Waals surface area contributed by atoms with Crippen LogP contribution in [0.1, 0.15) is 5.56 Å². The first kappa shape index (κ1) is 17.7. The molecule has 0 saturated carbocycles. The number of aliphatic imine (C=N–C) groups is 1. The molecule has 2 aliphatic rings. The van der Waals surface area contributed by atoms with E-state index in [0.29, 0.717) is 16.4 Å². The average molecular weight is 383 g/mol. The van der Waals surface area contributed by atoms with Gasteiger partial charge in [-0.3, -0.25) is 19.9 Å². The third kappa shape index (κ3) is 3.18. The van der Waals surface area contributed by atoms with E-state index < -0.39 is 29.6 Å². The summed E-state index contributed by atoms with van der Waals surface area (Å²) in [6.45, 7) is 0.333. The molecule has 1 fully saturated rings. The molecule has 2 heterocycles. The number of hydrogen-bond acceptors (Lipinski definition) is 6. The van der Waals surface area contributed by atoms with Gasteiger partial charge in [0.05, 0.1) is 12.2 Å². The van der Waals surface area contributed by atoms with Crippen molar-refractivity contribution < 1.29 is 28.2 Å². The Balaban J connectivity index is 1.52. The predicted molar refractivity (Wildman–Crippen MR) is 95.7 cm³/mol. The van der Waals surface area contributed by atoms with Gasteiger partial charge < -0.3 is 9.47 Å². The van der Waals surface area contributed by atoms with E-state index in [1.165, 1.54) is 18.2 Å². The molecule has 9 heteroatoms. The molecule has 1 N–H and O–H groups in total. The molecule has 0 bridgehead atoms. The van der Waals surface area contributed by atoms with E-state index in [-0.39, 0.29) is 19.0 Å². The Labute approximate surface area is 158 Å². The number of benzene rings is 2. The van der Waals surface area contributed by atoms with Crippen LogP contribution in [0.4, 0.5) is 14.9 Å². The van der Waals surface area contributed by atoms with Gasteiger partial charge in [-0.25, -0.2) is 14.1 Å². The Kier molecular flexibility index (Phi) is 4.48. The summed E-state index contributed by atoms with van der Waals surface area (Å²) in [5.74, 6) is -2.54. The standard InChI is InChI=1S/C19H14FN3O5/c20-13-3-1-2-4-14(13)23-18(25)12(17(24)22-19(23)26)9-21-8-11-5-6-15-16(7-11)28-10-27-15/h1-7,9,12H,8,10H2,(H,22,24,26)/t12-/m1/s1. The van der Waals surface area contributed by atoms with E-state index in [9.17, 15) is 18.8 Å². The molecule has 2 aromatic rings. The lowest BCUT2D eigenvalue weighted by Gasteiger charge is -2.28. The van der Waals surface area contributed by atoms with Gasteiger partial charge in [-0.2, -0.15) is 0 Å². The van der Waals surface area contributed by atoms with Crippen molar-refractivity contribution in [2.24, 2.45) is 10.9 Å². The highest BCUT2D eigenvalue weighted by Gasteiger charge is 2.41. The van der Waals surface area contributed by atoms with Gasteiger partial charge in [-0.1, -0.05) is 18.2 Å². The molecular weight excluding hydrogens is 369 g/mol. The largest absolute Gasteiger partial charge is 0.454 e. The molecule has 28 heavy (non-hydrogen) atoms. The van der Waals surface area contributed by atoms with Gasteiger partial charge in [0.25, 0.3) is 5.91 Å². The Morgan fingerprint density at radius 3 is 2.75 bits per heavy atom. The molecule has 0 unspecified atom stereocenters. The number of amides is 4. The average Bonchev–Trinajstić information content (AvgIpc) is 3.13. The maximum atomic E-state index is 14.0. The molecule has 142 valence electrons. The maximum Gasteiger partial charge on any atom is 0.335 e. The molecule has 4 rings (SSSR count). The highest BCUT2D eigenvalue weighted by molar-refractivity contribution is 6.32. The molecule has 4 amide bonds. The van der Waals surface area contributed by atoms with Crippen molar-refractivity contribution in [2.45, 2.75) is 6.54 Å². The molecule has 8 nitrogen and oxygen atoms in total. The number of hydrogen-bond donors (Lipinski definition) is 1. The minimum absolute atomic E-state index is 0.151. The van der Waals surface area contributed by atoms with Crippen LogP contribution in [0.5, 0.6) is 11.5 Å². The number of anilines is 1. The number of urea groups is 1. The summed E-state index contributed by atoms with van der Waals surface area (Å²) in [6, 6.07) is 9.59. The second kappa shape index (κ2) is 7.10. The lowest BCUT2D eigenvalue weighted by Crippen LogP contribution is -2.58. The zero-order chi connectivity index (χ0) is 19.7. The zero-order valence-electron chi connectivity index (χ0n) is 14.4. The van der Waals surface area contributed by atoms with E-state index >= 15 is 0 Å². The third-order valence-electron chi connectivity index (χ3n) is 4.26. The minimum Gasteiger partial charge on any atom is -0.454 e. The normalized spacial score (nSPS) is 18.7. The number of para-hydroxylation sites is 1. The van der Waals surface area contributed by atoms with Crippen molar-refractivity contribution >= 4 is 29.7 Å². The fraction of sp³-hybridized carbons (Fsp3) is 0.158. The second-order valence-corrected chi connectivity index (χ2v) is 6.07. The van der Waals surface area contributed by atoms with Crippen molar-refractivity contribution in [3.63, 3.8) is 0 Å². The maximum absolute atomic E-state index is 14.0. The van der Waals surface area contributed by atoms with E-state index in [1.807, 2.05) is 0 Å².